The number of aromatic nitrogens is 2. The van der Waals surface area contributed by atoms with Crippen LogP contribution in [-0.4, -0.2) is 63.2 Å². The van der Waals surface area contributed by atoms with Crippen molar-refractivity contribution in [3.05, 3.63) is 24.4 Å². The minimum absolute atomic E-state index is 0.0362. The third kappa shape index (κ3) is 4.23. The van der Waals surface area contributed by atoms with E-state index >= 15 is 0 Å². The Morgan fingerprint density at radius 3 is 2.40 bits per heavy atom. The Hall–Kier alpha value is -2.71. The molecule has 0 spiro atoms. The zero-order valence-electron chi connectivity index (χ0n) is 14.6. The van der Waals surface area contributed by atoms with E-state index in [1.54, 1.807) is 32.8 Å². The second kappa shape index (κ2) is 6.66. The van der Waals surface area contributed by atoms with E-state index in [1.807, 2.05) is 20.8 Å². The van der Waals surface area contributed by atoms with Crippen LogP contribution in [0, 0.1) is 0 Å². The molecule has 0 unspecified atom stereocenters. The standard InChI is InChI=1S/C16H22N4O5/c1-16(2,3)25-15(22)19-8-6-18(7-9-19)14(21)23-11-12-10-20-5-4-17-13(20)24-12/h4-5,10H,6-9,11H2,1-3H3. The summed E-state index contributed by atoms with van der Waals surface area (Å²) in [4.78, 5) is 31.3. The Morgan fingerprint density at radius 2 is 1.80 bits per heavy atom. The monoisotopic (exact) mass is 350 g/mol. The summed E-state index contributed by atoms with van der Waals surface area (Å²) in [6.45, 7) is 7.14. The van der Waals surface area contributed by atoms with Crippen molar-refractivity contribution >= 4 is 18.0 Å². The minimum Gasteiger partial charge on any atom is -0.444 e. The highest BCUT2D eigenvalue weighted by Gasteiger charge is 2.28. The molecule has 3 heterocycles. The zero-order valence-corrected chi connectivity index (χ0v) is 14.6. The topological polar surface area (TPSA) is 89.5 Å². The van der Waals surface area contributed by atoms with Crippen molar-refractivity contribution in [2.75, 3.05) is 26.2 Å². The van der Waals surface area contributed by atoms with E-state index < -0.39 is 11.7 Å². The van der Waals surface area contributed by atoms with Gasteiger partial charge in [0.15, 0.2) is 12.4 Å². The number of fused-ring (bicyclic) bond motifs is 1. The fourth-order valence-corrected chi connectivity index (χ4v) is 2.46. The summed E-state index contributed by atoms with van der Waals surface area (Å²) in [7, 11) is 0. The summed E-state index contributed by atoms with van der Waals surface area (Å²) in [5, 5.41) is 0. The van der Waals surface area contributed by atoms with Crippen LogP contribution >= 0.6 is 0 Å². The molecule has 0 saturated carbocycles. The van der Waals surface area contributed by atoms with Gasteiger partial charge in [0, 0.05) is 38.6 Å². The molecule has 3 rings (SSSR count). The molecular weight excluding hydrogens is 328 g/mol. The summed E-state index contributed by atoms with van der Waals surface area (Å²) in [6.07, 6.45) is 4.30. The van der Waals surface area contributed by atoms with Gasteiger partial charge in [-0.3, -0.25) is 4.40 Å². The van der Waals surface area contributed by atoms with E-state index in [-0.39, 0.29) is 12.7 Å². The Bertz CT molecular complexity index is 723. The first-order chi connectivity index (χ1) is 11.8. The normalized spacial score (nSPS) is 15.5. The Kier molecular flexibility index (Phi) is 4.56. The van der Waals surface area contributed by atoms with E-state index in [2.05, 4.69) is 4.98 Å². The highest BCUT2D eigenvalue weighted by atomic mass is 16.6. The van der Waals surface area contributed by atoms with E-state index in [4.69, 9.17) is 13.9 Å². The maximum atomic E-state index is 12.1. The number of rotatable bonds is 2. The van der Waals surface area contributed by atoms with Crippen molar-refractivity contribution in [3.63, 3.8) is 0 Å². The number of nitrogens with zero attached hydrogens (tertiary/aromatic N) is 4. The molecule has 1 aliphatic heterocycles. The number of imidazole rings is 1. The molecule has 136 valence electrons. The number of amides is 2. The van der Waals surface area contributed by atoms with Crippen molar-refractivity contribution in [2.24, 2.45) is 0 Å². The van der Waals surface area contributed by atoms with Gasteiger partial charge in [0.2, 0.25) is 0 Å². The van der Waals surface area contributed by atoms with E-state index in [1.165, 1.54) is 0 Å². The lowest BCUT2D eigenvalue weighted by Crippen LogP contribution is -2.51. The fourth-order valence-electron chi connectivity index (χ4n) is 2.46. The molecule has 1 aliphatic rings. The second-order valence-electron chi connectivity index (χ2n) is 6.82. The molecule has 0 N–H and O–H groups in total. The van der Waals surface area contributed by atoms with Gasteiger partial charge in [-0.05, 0) is 20.8 Å². The second-order valence-corrected chi connectivity index (χ2v) is 6.82. The summed E-state index contributed by atoms with van der Waals surface area (Å²) in [5.74, 6) is 0.973. The predicted octanol–water partition coefficient (Wildman–Crippen LogP) is 2.12. The third-order valence-corrected chi connectivity index (χ3v) is 3.67. The van der Waals surface area contributed by atoms with Crippen LogP contribution in [0.3, 0.4) is 0 Å². The average Bonchev–Trinajstić information content (AvgIpc) is 3.12. The van der Waals surface area contributed by atoms with E-state index in [9.17, 15) is 9.59 Å². The van der Waals surface area contributed by atoms with Crippen molar-refractivity contribution in [3.8, 4) is 0 Å². The molecule has 9 heteroatoms. The average molecular weight is 350 g/mol. The highest BCUT2D eigenvalue weighted by molar-refractivity contribution is 5.70. The molecular formula is C16H22N4O5. The minimum atomic E-state index is -0.532. The number of ether oxygens (including phenoxy) is 2. The molecule has 0 bridgehead atoms. The van der Waals surface area contributed by atoms with Gasteiger partial charge in [-0.2, -0.15) is 0 Å². The smallest absolute Gasteiger partial charge is 0.410 e. The zero-order chi connectivity index (χ0) is 18.0. The van der Waals surface area contributed by atoms with Crippen LogP contribution in [0.4, 0.5) is 9.59 Å². The molecule has 2 aromatic heterocycles. The lowest BCUT2D eigenvalue weighted by atomic mass is 10.2. The van der Waals surface area contributed by atoms with Gasteiger partial charge < -0.3 is 23.7 Å². The van der Waals surface area contributed by atoms with Crippen molar-refractivity contribution in [1.82, 2.24) is 19.2 Å². The van der Waals surface area contributed by atoms with Crippen LogP contribution in [0.2, 0.25) is 0 Å². The van der Waals surface area contributed by atoms with Crippen LogP contribution in [0.1, 0.15) is 26.5 Å². The lowest BCUT2D eigenvalue weighted by Gasteiger charge is -2.34. The first-order valence-electron chi connectivity index (χ1n) is 8.13. The Labute approximate surface area is 145 Å². The lowest BCUT2D eigenvalue weighted by molar-refractivity contribution is 0.0122. The van der Waals surface area contributed by atoms with Crippen molar-refractivity contribution < 1.29 is 23.5 Å². The van der Waals surface area contributed by atoms with Gasteiger partial charge in [-0.15, -0.1) is 0 Å². The number of hydrogen-bond donors (Lipinski definition) is 0. The molecule has 1 saturated heterocycles. The summed E-state index contributed by atoms with van der Waals surface area (Å²) in [5.41, 5.74) is -0.532. The van der Waals surface area contributed by atoms with Crippen LogP contribution in [0.25, 0.3) is 5.84 Å². The summed E-state index contributed by atoms with van der Waals surface area (Å²) >= 11 is 0. The molecule has 1 fully saturated rings. The molecule has 0 atom stereocenters. The molecule has 0 aliphatic carbocycles. The van der Waals surface area contributed by atoms with Gasteiger partial charge in [0.05, 0.1) is 6.20 Å². The first-order valence-corrected chi connectivity index (χ1v) is 8.13. The third-order valence-electron chi connectivity index (χ3n) is 3.67. The molecule has 9 nitrogen and oxygen atoms in total. The van der Waals surface area contributed by atoms with Gasteiger partial charge in [-0.1, -0.05) is 0 Å². The van der Waals surface area contributed by atoms with Crippen LogP contribution in [-0.2, 0) is 16.1 Å². The van der Waals surface area contributed by atoms with E-state index in [0.717, 1.165) is 0 Å². The van der Waals surface area contributed by atoms with Crippen LogP contribution < -0.4 is 0 Å². The van der Waals surface area contributed by atoms with Gasteiger partial charge in [0.1, 0.15) is 5.60 Å². The number of carbonyl (C=O) groups is 2. The largest absolute Gasteiger partial charge is 0.444 e. The highest BCUT2D eigenvalue weighted by Crippen LogP contribution is 2.13. The first kappa shape index (κ1) is 17.1. The fraction of sp³-hybridized carbons (Fsp3) is 0.562. The predicted molar refractivity (Wildman–Crippen MR) is 87.0 cm³/mol. The molecule has 25 heavy (non-hydrogen) atoms. The number of oxazole rings is 1. The summed E-state index contributed by atoms with van der Waals surface area (Å²) in [6, 6.07) is 0. The van der Waals surface area contributed by atoms with E-state index in [0.29, 0.717) is 37.8 Å². The van der Waals surface area contributed by atoms with Crippen molar-refractivity contribution in [2.45, 2.75) is 33.0 Å². The Balaban J connectivity index is 1.45. The molecule has 0 aromatic carbocycles. The van der Waals surface area contributed by atoms with Crippen LogP contribution in [0.15, 0.2) is 23.0 Å². The van der Waals surface area contributed by atoms with Gasteiger partial charge in [-0.25, -0.2) is 14.6 Å². The van der Waals surface area contributed by atoms with Crippen molar-refractivity contribution in [1.29, 1.82) is 0 Å². The van der Waals surface area contributed by atoms with Gasteiger partial charge in [0.25, 0.3) is 0 Å². The Morgan fingerprint density at radius 1 is 1.16 bits per heavy atom. The number of hydrogen-bond acceptors (Lipinski definition) is 6. The maximum Gasteiger partial charge on any atom is 0.410 e. The quantitative estimate of drug-likeness (QED) is 0.824. The molecule has 2 amide bonds. The SMILES string of the molecule is CC(C)(C)OC(=O)N1CCN(C(=O)OCc2cn3ccnc3o2)CC1. The number of piperazine rings is 1. The van der Waals surface area contributed by atoms with Crippen LogP contribution in [0.5, 0.6) is 0 Å². The molecule has 2 aromatic rings. The van der Waals surface area contributed by atoms with Gasteiger partial charge >= 0.3 is 18.0 Å². The number of carbonyl (C=O) groups excluding carboxylic acids is 2. The maximum absolute atomic E-state index is 12.1. The summed E-state index contributed by atoms with van der Waals surface area (Å²) < 4.78 is 17.7. The molecule has 0 radical (unpaired) electrons.